The van der Waals surface area contributed by atoms with E-state index in [-0.39, 0.29) is 17.3 Å². The Morgan fingerprint density at radius 2 is 2.26 bits per heavy atom. The van der Waals surface area contributed by atoms with E-state index in [0.717, 1.165) is 37.3 Å². The second-order valence-electron chi connectivity index (χ2n) is 7.61. The molecule has 2 bridgehead atoms. The van der Waals surface area contributed by atoms with Crippen LogP contribution in [0.15, 0.2) is 18.3 Å². The average molecular weight is 309 g/mol. The fourth-order valence-electron chi connectivity index (χ4n) is 5.87. The molecule has 2 N–H and O–H groups in total. The summed E-state index contributed by atoms with van der Waals surface area (Å²) >= 11 is 0. The summed E-state index contributed by atoms with van der Waals surface area (Å²) in [6.45, 7) is 1.08. The summed E-state index contributed by atoms with van der Waals surface area (Å²) in [6, 6.07) is 4.44. The summed E-state index contributed by atoms with van der Waals surface area (Å²) in [7, 11) is 2.25. The van der Waals surface area contributed by atoms with Gasteiger partial charge in [0.15, 0.2) is 17.6 Å². The predicted octanol–water partition coefficient (Wildman–Crippen LogP) is 1.92. The van der Waals surface area contributed by atoms with Crippen molar-refractivity contribution < 1.29 is 9.84 Å². The number of nitrogens with zero attached hydrogens (tertiary/aromatic N) is 2. The number of phenolic OH excluding ortho intramolecular Hbond substituents is 1. The lowest BCUT2D eigenvalue weighted by Crippen LogP contribution is -2.62. The molecule has 4 aliphatic rings. The average Bonchev–Trinajstić information content (AvgIpc) is 3.13. The van der Waals surface area contributed by atoms with Gasteiger partial charge >= 0.3 is 0 Å². The maximum atomic E-state index is 10.4. The molecule has 1 aromatic heterocycles. The van der Waals surface area contributed by atoms with Gasteiger partial charge in [0, 0.05) is 17.0 Å². The quantitative estimate of drug-likeness (QED) is 0.780. The van der Waals surface area contributed by atoms with Crippen molar-refractivity contribution in [2.45, 2.75) is 36.8 Å². The van der Waals surface area contributed by atoms with Gasteiger partial charge in [0.2, 0.25) is 0 Å². The number of aromatic hydroxyl groups is 1. The number of rotatable bonds is 0. The van der Waals surface area contributed by atoms with Gasteiger partial charge in [-0.25, -0.2) is 0 Å². The Bertz CT molecular complexity index is 845. The van der Waals surface area contributed by atoms with E-state index < -0.39 is 0 Å². The molecule has 1 saturated heterocycles. The van der Waals surface area contributed by atoms with Crippen molar-refractivity contribution in [3.05, 3.63) is 40.7 Å². The van der Waals surface area contributed by atoms with Crippen LogP contribution in [0, 0.1) is 5.92 Å². The smallest absolute Gasteiger partial charge is 0.166 e. The molecule has 4 atom stereocenters. The normalized spacial score (nSPS) is 36.3. The molecule has 1 aromatic carbocycles. The zero-order valence-corrected chi connectivity index (χ0v) is 13.0. The van der Waals surface area contributed by atoms with Crippen LogP contribution in [0.1, 0.15) is 34.9 Å². The number of likely N-dealkylation sites (tertiary alicyclic amines) is 1. The second-order valence-corrected chi connectivity index (χ2v) is 7.61. The maximum Gasteiger partial charge on any atom is 0.166 e. The maximum absolute atomic E-state index is 10.4. The number of hydrogen-bond acceptors (Lipinski definition) is 4. The van der Waals surface area contributed by atoms with E-state index in [1.54, 1.807) is 6.07 Å². The lowest BCUT2D eigenvalue weighted by atomic mass is 9.52. The Labute approximate surface area is 134 Å². The topological polar surface area (TPSA) is 61.4 Å². The summed E-state index contributed by atoms with van der Waals surface area (Å²) in [5, 5.41) is 17.9. The van der Waals surface area contributed by atoms with Crippen LogP contribution in [-0.2, 0) is 18.3 Å². The van der Waals surface area contributed by atoms with Gasteiger partial charge in [0.1, 0.15) is 0 Å². The molecule has 2 aromatic rings. The van der Waals surface area contributed by atoms with Crippen LogP contribution in [0.5, 0.6) is 11.5 Å². The summed E-state index contributed by atoms with van der Waals surface area (Å²) in [5.74, 6) is 1.54. The van der Waals surface area contributed by atoms with Crippen molar-refractivity contribution >= 4 is 0 Å². The molecule has 5 heteroatoms. The van der Waals surface area contributed by atoms with Crippen LogP contribution in [0.2, 0.25) is 0 Å². The van der Waals surface area contributed by atoms with Crippen molar-refractivity contribution in [1.29, 1.82) is 0 Å². The molecule has 2 aliphatic heterocycles. The third kappa shape index (κ3) is 1.21. The van der Waals surface area contributed by atoms with E-state index in [0.29, 0.717) is 12.0 Å². The molecule has 0 amide bonds. The van der Waals surface area contributed by atoms with Crippen LogP contribution in [0.3, 0.4) is 0 Å². The molecule has 0 radical (unpaired) electrons. The highest BCUT2D eigenvalue weighted by atomic mass is 16.5. The van der Waals surface area contributed by atoms with Crippen molar-refractivity contribution in [3.8, 4) is 11.5 Å². The number of aromatic nitrogens is 2. The first-order valence-corrected chi connectivity index (χ1v) is 8.44. The van der Waals surface area contributed by atoms with E-state index in [1.165, 1.54) is 16.7 Å². The Balaban J connectivity index is 1.71. The number of phenols is 1. The van der Waals surface area contributed by atoms with Gasteiger partial charge in [0.25, 0.3) is 0 Å². The van der Waals surface area contributed by atoms with Gasteiger partial charge in [0.05, 0.1) is 11.9 Å². The molecular weight excluding hydrogens is 290 g/mol. The van der Waals surface area contributed by atoms with Crippen molar-refractivity contribution in [1.82, 2.24) is 15.1 Å². The lowest BCUT2D eigenvalue weighted by molar-refractivity contribution is -0.0256. The van der Waals surface area contributed by atoms with E-state index in [9.17, 15) is 5.11 Å². The highest BCUT2D eigenvalue weighted by molar-refractivity contribution is 5.62. The van der Waals surface area contributed by atoms with Crippen LogP contribution in [0.4, 0.5) is 0 Å². The molecule has 118 valence electrons. The number of likely N-dealkylation sites (N-methyl/N-ethyl adjacent to an activating group) is 1. The molecule has 5 nitrogen and oxygen atoms in total. The molecule has 2 aliphatic carbocycles. The van der Waals surface area contributed by atoms with Gasteiger partial charge in [-0.1, -0.05) is 6.07 Å². The Kier molecular flexibility index (Phi) is 2.01. The Morgan fingerprint density at radius 3 is 3.17 bits per heavy atom. The highest BCUT2D eigenvalue weighted by Gasteiger charge is 2.64. The van der Waals surface area contributed by atoms with Crippen molar-refractivity contribution in [2.75, 3.05) is 13.6 Å². The van der Waals surface area contributed by atoms with Crippen LogP contribution < -0.4 is 4.74 Å². The molecule has 3 heterocycles. The lowest BCUT2D eigenvalue weighted by Gasteiger charge is -2.57. The minimum atomic E-state index is -0.0303. The second kappa shape index (κ2) is 3.73. The van der Waals surface area contributed by atoms with Gasteiger partial charge in [-0.05, 0) is 56.0 Å². The summed E-state index contributed by atoms with van der Waals surface area (Å²) in [4.78, 5) is 2.52. The largest absolute Gasteiger partial charge is 0.504 e. The van der Waals surface area contributed by atoms with E-state index in [4.69, 9.17) is 4.74 Å². The fourth-order valence-corrected chi connectivity index (χ4v) is 5.87. The molecule has 0 saturated carbocycles. The van der Waals surface area contributed by atoms with Crippen LogP contribution in [0.25, 0.3) is 0 Å². The number of piperidine rings is 1. The van der Waals surface area contributed by atoms with Gasteiger partial charge in [-0.2, -0.15) is 5.10 Å². The number of nitrogens with one attached hydrogen (secondary N) is 1. The number of H-pyrrole nitrogens is 1. The van der Waals surface area contributed by atoms with Gasteiger partial charge in [-0.3, -0.25) is 5.10 Å². The summed E-state index contributed by atoms with van der Waals surface area (Å²) in [5.41, 5.74) is 5.05. The van der Waals surface area contributed by atoms with Crippen LogP contribution in [-0.4, -0.2) is 39.8 Å². The van der Waals surface area contributed by atoms with E-state index >= 15 is 0 Å². The first-order valence-electron chi connectivity index (χ1n) is 8.44. The first kappa shape index (κ1) is 12.4. The molecule has 1 fully saturated rings. The highest BCUT2D eigenvalue weighted by Crippen LogP contribution is 2.66. The standard InChI is InChI=1S/C18H19N3O2/c1-21-5-4-18-11-6-10-8-19-20-15(10)17(18)23-16-13(22)3-2-9(14(16)18)7-12(11)21/h2-3,8,11-12,17,22H,4-7H2,1H3,(H,19,20)/t11-,12+,17-,18-/m0/s1. The molecule has 1 spiro atoms. The number of hydrogen-bond donors (Lipinski definition) is 2. The zero-order valence-electron chi connectivity index (χ0n) is 13.0. The molecular formula is C18H19N3O2. The fraction of sp³-hybridized carbons (Fsp3) is 0.500. The minimum absolute atomic E-state index is 0.00162. The third-order valence-electron chi connectivity index (χ3n) is 6.85. The van der Waals surface area contributed by atoms with Gasteiger partial charge in [-0.15, -0.1) is 0 Å². The van der Waals surface area contributed by atoms with E-state index in [2.05, 4.69) is 28.2 Å². The minimum Gasteiger partial charge on any atom is -0.504 e. The predicted molar refractivity (Wildman–Crippen MR) is 83.7 cm³/mol. The molecule has 6 rings (SSSR count). The number of aromatic amines is 1. The molecule has 0 unspecified atom stereocenters. The molecule has 23 heavy (non-hydrogen) atoms. The Hall–Kier alpha value is -2.01. The van der Waals surface area contributed by atoms with Crippen molar-refractivity contribution in [3.63, 3.8) is 0 Å². The number of benzene rings is 1. The third-order valence-corrected chi connectivity index (χ3v) is 6.85. The van der Waals surface area contributed by atoms with Crippen molar-refractivity contribution in [2.24, 2.45) is 5.92 Å². The SMILES string of the molecule is CN1CC[C@]23c4c5ccc(O)c4O[C@H]2c2[nH]ncc2C[C@H]3[C@H]1C5. The zero-order chi connectivity index (χ0) is 15.3. The van der Waals surface area contributed by atoms with E-state index in [1.807, 2.05) is 6.20 Å². The monoisotopic (exact) mass is 309 g/mol. The number of ether oxygens (including phenoxy) is 1. The number of fused-ring (bicyclic) bond motifs is 2. The summed E-state index contributed by atoms with van der Waals surface area (Å²) < 4.78 is 6.39. The first-order chi connectivity index (χ1) is 11.2. The summed E-state index contributed by atoms with van der Waals surface area (Å²) in [6.07, 6.45) is 5.11. The van der Waals surface area contributed by atoms with Crippen LogP contribution >= 0.6 is 0 Å². The Morgan fingerprint density at radius 1 is 1.35 bits per heavy atom. The van der Waals surface area contributed by atoms with Gasteiger partial charge < -0.3 is 14.7 Å².